The van der Waals surface area contributed by atoms with Gasteiger partial charge in [-0.1, -0.05) is 0 Å². The minimum absolute atomic E-state index is 0.0257. The van der Waals surface area contributed by atoms with E-state index in [0.717, 1.165) is 6.92 Å². The Morgan fingerprint density at radius 1 is 1.17 bits per heavy atom. The zero-order valence-electron chi connectivity index (χ0n) is 16.1. The molecule has 13 nitrogen and oxygen atoms in total. The van der Waals surface area contributed by atoms with Crippen LogP contribution in [0.4, 0.5) is 0 Å². The van der Waals surface area contributed by atoms with E-state index in [1.165, 1.54) is 12.5 Å². The number of hydrogen-bond donors (Lipinski definition) is 9. The topological polar surface area (TPSA) is 220 Å². The molecular weight excluding hydrogens is 420 g/mol. The molecule has 1 aromatic rings. The number of carbonyl (C=O) groups excluding carboxylic acids is 3. The summed E-state index contributed by atoms with van der Waals surface area (Å²) in [5.41, 5.74) is 6.10. The molecule has 0 radical (unpaired) electrons. The predicted molar refractivity (Wildman–Crippen MR) is 106 cm³/mol. The van der Waals surface area contributed by atoms with Crippen LogP contribution < -0.4 is 21.7 Å². The van der Waals surface area contributed by atoms with Gasteiger partial charge in [-0.15, -0.1) is 0 Å². The minimum atomic E-state index is -1.64. The van der Waals surface area contributed by atoms with Crippen molar-refractivity contribution in [2.75, 3.05) is 12.4 Å². The summed E-state index contributed by atoms with van der Waals surface area (Å²) in [6.07, 6.45) is 1.36. The van der Waals surface area contributed by atoms with E-state index in [1.54, 1.807) is 0 Å². The fourth-order valence-corrected chi connectivity index (χ4v) is 2.46. The lowest BCUT2D eigenvalue weighted by Crippen LogP contribution is -2.59. The van der Waals surface area contributed by atoms with Crippen molar-refractivity contribution in [2.45, 2.75) is 43.6 Å². The molecule has 1 heterocycles. The fourth-order valence-electron chi connectivity index (χ4n) is 2.30. The van der Waals surface area contributed by atoms with E-state index < -0.39 is 60.6 Å². The van der Waals surface area contributed by atoms with Crippen LogP contribution in [-0.2, 0) is 25.6 Å². The second kappa shape index (κ2) is 12.1. The first-order valence-corrected chi connectivity index (χ1v) is 9.50. The summed E-state index contributed by atoms with van der Waals surface area (Å²) in [4.78, 5) is 54.7. The van der Waals surface area contributed by atoms with Gasteiger partial charge in [-0.2, -0.15) is 12.6 Å². The number of imidazole rings is 1. The second-order valence-corrected chi connectivity index (χ2v) is 6.81. The number of carbonyl (C=O) groups is 4. The first kappa shape index (κ1) is 25.4. The number of rotatable bonds is 12. The summed E-state index contributed by atoms with van der Waals surface area (Å²) in [6.45, 7) is 0.302. The smallest absolute Gasteiger partial charge is 0.328 e. The van der Waals surface area contributed by atoms with Crippen LogP contribution in [0, 0.1) is 0 Å². The van der Waals surface area contributed by atoms with Gasteiger partial charge >= 0.3 is 5.97 Å². The zero-order chi connectivity index (χ0) is 22.8. The number of amides is 3. The molecule has 0 aromatic carbocycles. The van der Waals surface area contributed by atoms with Crippen LogP contribution in [0.5, 0.6) is 0 Å². The molecular formula is C16H26N6O7S. The Bertz CT molecular complexity index is 730. The molecule has 1 rings (SSSR count). The summed E-state index contributed by atoms with van der Waals surface area (Å²) in [5.74, 6) is -3.98. The number of hydrogen-bond acceptors (Lipinski definition) is 9. The van der Waals surface area contributed by atoms with Gasteiger partial charge in [0.05, 0.1) is 25.1 Å². The van der Waals surface area contributed by atoms with Crippen molar-refractivity contribution in [3.05, 3.63) is 18.2 Å². The van der Waals surface area contributed by atoms with E-state index >= 15 is 0 Å². The molecule has 0 spiro atoms. The van der Waals surface area contributed by atoms with Gasteiger partial charge in [-0.05, 0) is 6.92 Å². The summed E-state index contributed by atoms with van der Waals surface area (Å²) < 4.78 is 0. The molecule has 0 aliphatic carbocycles. The Balaban J connectivity index is 2.91. The van der Waals surface area contributed by atoms with Crippen molar-refractivity contribution < 1.29 is 34.5 Å². The number of carboxylic acid groups (broad SMARTS) is 1. The third kappa shape index (κ3) is 7.62. The van der Waals surface area contributed by atoms with E-state index in [0.29, 0.717) is 5.69 Å². The standard InChI is InChI=1S/C16H26N6O7S/c1-7(24)12(16(28)29)22-15(27)11(4-23)21-14(26)10(2-8-3-18-6-19-8)20-13(25)9(17)5-30/h3,6-7,9-12,23-24,30H,2,4-5,17H2,1H3,(H,18,19)(H,20,25)(H,21,26)(H,22,27)(H,28,29). The molecule has 5 unspecified atom stereocenters. The Morgan fingerprint density at radius 2 is 1.77 bits per heavy atom. The molecule has 0 saturated carbocycles. The van der Waals surface area contributed by atoms with Crippen LogP contribution in [0.15, 0.2) is 12.5 Å². The van der Waals surface area contributed by atoms with Crippen molar-refractivity contribution in [1.82, 2.24) is 25.9 Å². The van der Waals surface area contributed by atoms with Crippen LogP contribution in [-0.4, -0.2) is 91.6 Å². The lowest BCUT2D eigenvalue weighted by Gasteiger charge is -2.24. The Hall–Kier alpha value is -2.68. The van der Waals surface area contributed by atoms with Crippen molar-refractivity contribution in [1.29, 1.82) is 0 Å². The molecule has 9 N–H and O–H groups in total. The van der Waals surface area contributed by atoms with E-state index in [1.807, 2.05) is 5.32 Å². The highest BCUT2D eigenvalue weighted by Crippen LogP contribution is 2.02. The molecule has 3 amide bonds. The number of thiol groups is 1. The number of nitrogens with one attached hydrogen (secondary N) is 4. The van der Waals surface area contributed by atoms with Gasteiger partial charge < -0.3 is 42.0 Å². The number of carboxylic acids is 1. The highest BCUT2D eigenvalue weighted by Gasteiger charge is 2.31. The van der Waals surface area contributed by atoms with Gasteiger partial charge in [0.25, 0.3) is 0 Å². The summed E-state index contributed by atoms with van der Waals surface area (Å²) in [6, 6.07) is -5.34. The first-order valence-electron chi connectivity index (χ1n) is 8.87. The molecule has 168 valence electrons. The van der Waals surface area contributed by atoms with Gasteiger partial charge in [-0.25, -0.2) is 9.78 Å². The van der Waals surface area contributed by atoms with Crippen LogP contribution in [0.1, 0.15) is 12.6 Å². The Kier molecular flexibility index (Phi) is 10.2. The van der Waals surface area contributed by atoms with Crippen molar-refractivity contribution in [3.8, 4) is 0 Å². The zero-order valence-corrected chi connectivity index (χ0v) is 17.0. The second-order valence-electron chi connectivity index (χ2n) is 6.44. The van der Waals surface area contributed by atoms with Crippen LogP contribution >= 0.6 is 12.6 Å². The van der Waals surface area contributed by atoms with E-state index in [-0.39, 0.29) is 12.2 Å². The van der Waals surface area contributed by atoms with Gasteiger partial charge in [-0.3, -0.25) is 14.4 Å². The average molecular weight is 446 g/mol. The molecule has 0 aliphatic heterocycles. The number of nitrogens with zero attached hydrogens (tertiary/aromatic N) is 1. The third-order valence-corrected chi connectivity index (χ3v) is 4.40. The number of aliphatic hydroxyl groups excluding tert-OH is 2. The maximum absolute atomic E-state index is 12.7. The quantitative estimate of drug-likeness (QED) is 0.143. The number of aliphatic hydroxyl groups is 2. The number of aromatic nitrogens is 2. The molecule has 14 heteroatoms. The number of H-pyrrole nitrogens is 1. The molecule has 1 aromatic heterocycles. The highest BCUT2D eigenvalue weighted by atomic mass is 32.1. The molecule has 0 fully saturated rings. The predicted octanol–water partition coefficient (Wildman–Crippen LogP) is -3.88. The molecule has 0 saturated heterocycles. The summed E-state index contributed by atoms with van der Waals surface area (Å²) >= 11 is 3.92. The Labute approximate surface area is 177 Å². The molecule has 30 heavy (non-hydrogen) atoms. The van der Waals surface area contributed by atoms with Crippen molar-refractivity contribution in [2.24, 2.45) is 5.73 Å². The van der Waals surface area contributed by atoms with E-state index in [4.69, 9.17) is 10.8 Å². The van der Waals surface area contributed by atoms with Crippen LogP contribution in [0.2, 0.25) is 0 Å². The number of aromatic amines is 1. The summed E-state index contributed by atoms with van der Waals surface area (Å²) in [5, 5.41) is 34.7. The van der Waals surface area contributed by atoms with Gasteiger partial charge in [0.15, 0.2) is 6.04 Å². The monoisotopic (exact) mass is 446 g/mol. The number of aliphatic carboxylic acids is 1. The van der Waals surface area contributed by atoms with E-state index in [2.05, 4.69) is 33.2 Å². The highest BCUT2D eigenvalue weighted by molar-refractivity contribution is 7.80. The molecule has 0 bridgehead atoms. The van der Waals surface area contributed by atoms with Crippen molar-refractivity contribution in [3.63, 3.8) is 0 Å². The molecule has 0 aliphatic rings. The largest absolute Gasteiger partial charge is 0.480 e. The summed E-state index contributed by atoms with van der Waals surface area (Å²) in [7, 11) is 0. The van der Waals surface area contributed by atoms with Crippen molar-refractivity contribution >= 4 is 36.3 Å². The average Bonchev–Trinajstić information content (AvgIpc) is 3.21. The fraction of sp³-hybridized carbons (Fsp3) is 0.562. The third-order valence-electron chi connectivity index (χ3n) is 4.01. The Morgan fingerprint density at radius 3 is 2.23 bits per heavy atom. The minimum Gasteiger partial charge on any atom is -0.480 e. The molecule has 5 atom stereocenters. The van der Waals surface area contributed by atoms with E-state index in [9.17, 15) is 29.4 Å². The van der Waals surface area contributed by atoms with Gasteiger partial charge in [0.2, 0.25) is 17.7 Å². The SMILES string of the molecule is CC(O)C(NC(=O)C(CO)NC(=O)C(Cc1cnc[nH]1)NC(=O)C(N)CS)C(=O)O. The maximum atomic E-state index is 12.7. The lowest BCUT2D eigenvalue weighted by atomic mass is 10.1. The van der Waals surface area contributed by atoms with Gasteiger partial charge in [0.1, 0.15) is 12.1 Å². The van der Waals surface area contributed by atoms with Crippen LogP contribution in [0.3, 0.4) is 0 Å². The van der Waals surface area contributed by atoms with Gasteiger partial charge in [0, 0.05) is 24.1 Å². The van der Waals surface area contributed by atoms with Crippen LogP contribution in [0.25, 0.3) is 0 Å². The number of nitrogens with two attached hydrogens (primary N) is 1. The lowest BCUT2D eigenvalue weighted by molar-refractivity contribution is -0.145. The first-order chi connectivity index (χ1) is 14.1. The maximum Gasteiger partial charge on any atom is 0.328 e. The normalized spacial score (nSPS) is 15.9.